The van der Waals surface area contributed by atoms with E-state index in [9.17, 15) is 13.2 Å². The fourth-order valence-electron chi connectivity index (χ4n) is 1.63. The molecule has 0 aliphatic heterocycles. The van der Waals surface area contributed by atoms with Crippen molar-refractivity contribution in [3.8, 4) is 0 Å². The molecule has 0 aliphatic carbocycles. The molecule has 17 heavy (non-hydrogen) atoms. The fourth-order valence-corrected chi connectivity index (χ4v) is 2.75. The van der Waals surface area contributed by atoms with E-state index in [0.717, 1.165) is 0 Å². The minimum absolute atomic E-state index is 0.327. The molecular formula is C10H22N2O4S. The molecule has 0 aromatic carbocycles. The lowest BCUT2D eigenvalue weighted by molar-refractivity contribution is -0.143. The molecule has 0 amide bonds. The van der Waals surface area contributed by atoms with Gasteiger partial charge in [0.15, 0.2) is 0 Å². The summed E-state index contributed by atoms with van der Waals surface area (Å²) in [6, 6.07) is 0. The number of rotatable bonds is 6. The third-order valence-electron chi connectivity index (χ3n) is 3.12. The zero-order valence-corrected chi connectivity index (χ0v) is 11.5. The quantitative estimate of drug-likeness (QED) is 0.645. The van der Waals surface area contributed by atoms with E-state index in [1.807, 2.05) is 13.8 Å². The maximum absolute atomic E-state index is 11.5. The average molecular weight is 266 g/mol. The molecule has 6 nitrogen and oxygen atoms in total. The molecule has 0 aliphatic rings. The highest BCUT2D eigenvalue weighted by molar-refractivity contribution is 7.91. The molecule has 0 saturated carbocycles. The van der Waals surface area contributed by atoms with Crippen LogP contribution in [0.25, 0.3) is 0 Å². The summed E-state index contributed by atoms with van der Waals surface area (Å²) >= 11 is 0. The van der Waals surface area contributed by atoms with Crippen LogP contribution in [-0.2, 0) is 14.8 Å². The second kappa shape index (κ2) is 4.91. The summed E-state index contributed by atoms with van der Waals surface area (Å²) in [6.07, 6.45) is 1.04. The van der Waals surface area contributed by atoms with Crippen LogP contribution in [0.4, 0.5) is 0 Å². The van der Waals surface area contributed by atoms with Gasteiger partial charge in [-0.25, -0.2) is 18.4 Å². The molecule has 0 radical (unpaired) electrons. The molecule has 0 aromatic heterocycles. The predicted molar refractivity (Wildman–Crippen MR) is 65.5 cm³/mol. The van der Waals surface area contributed by atoms with Gasteiger partial charge in [0.2, 0.25) is 14.9 Å². The number of primary sulfonamides is 1. The molecule has 7 heteroatoms. The minimum Gasteiger partial charge on any atom is -0.479 e. The standard InChI is InChI=1S/C10H22N2O4S/c1-7(2)5-6-9(3,4)10(11,8(13)14)17(12,15)16/h7H,5-6,11H2,1-4H3,(H,13,14)(H2,12,15,16). The van der Waals surface area contributed by atoms with Crippen molar-refractivity contribution >= 4 is 16.0 Å². The van der Waals surface area contributed by atoms with Gasteiger partial charge in [0, 0.05) is 5.41 Å². The zero-order chi connectivity index (χ0) is 14.1. The Morgan fingerprint density at radius 2 is 1.76 bits per heavy atom. The lowest BCUT2D eigenvalue weighted by Crippen LogP contribution is -2.66. The van der Waals surface area contributed by atoms with Crippen LogP contribution in [0.15, 0.2) is 0 Å². The Hall–Kier alpha value is -0.660. The van der Waals surface area contributed by atoms with Crippen molar-refractivity contribution in [2.24, 2.45) is 22.2 Å². The van der Waals surface area contributed by atoms with Gasteiger partial charge in [0.1, 0.15) is 0 Å². The van der Waals surface area contributed by atoms with Crippen molar-refractivity contribution in [3.63, 3.8) is 0 Å². The molecular weight excluding hydrogens is 244 g/mol. The van der Waals surface area contributed by atoms with Crippen LogP contribution in [0.3, 0.4) is 0 Å². The van der Waals surface area contributed by atoms with Gasteiger partial charge in [-0.15, -0.1) is 0 Å². The van der Waals surface area contributed by atoms with Crippen molar-refractivity contribution in [3.05, 3.63) is 0 Å². The SMILES string of the molecule is CC(C)CCC(C)(C)C(N)(C(=O)O)S(N)(=O)=O. The summed E-state index contributed by atoms with van der Waals surface area (Å²) in [5.41, 5.74) is 4.43. The molecule has 0 rings (SSSR count). The highest BCUT2D eigenvalue weighted by atomic mass is 32.2. The normalized spacial score (nSPS) is 16.9. The molecule has 0 spiro atoms. The van der Waals surface area contributed by atoms with E-state index in [-0.39, 0.29) is 0 Å². The molecule has 1 unspecified atom stereocenters. The maximum atomic E-state index is 11.5. The molecule has 0 bridgehead atoms. The van der Waals surface area contributed by atoms with Gasteiger partial charge >= 0.3 is 5.97 Å². The predicted octanol–water partition coefficient (Wildman–Crippen LogP) is 0.477. The van der Waals surface area contributed by atoms with Gasteiger partial charge in [0.05, 0.1) is 0 Å². The molecule has 102 valence electrons. The first-order valence-electron chi connectivity index (χ1n) is 5.41. The molecule has 0 heterocycles. The number of carboxylic acid groups (broad SMARTS) is 1. The Bertz CT molecular complexity index is 389. The first-order valence-corrected chi connectivity index (χ1v) is 6.95. The number of sulfonamides is 1. The van der Waals surface area contributed by atoms with Crippen molar-refractivity contribution in [1.29, 1.82) is 0 Å². The van der Waals surface area contributed by atoms with E-state index in [0.29, 0.717) is 18.8 Å². The Kier molecular flexibility index (Phi) is 4.72. The summed E-state index contributed by atoms with van der Waals surface area (Å²) in [4.78, 5) is 8.71. The molecule has 0 aromatic rings. The Morgan fingerprint density at radius 1 is 1.35 bits per heavy atom. The smallest absolute Gasteiger partial charge is 0.341 e. The number of carboxylic acids is 1. The third-order valence-corrected chi connectivity index (χ3v) is 4.74. The lowest BCUT2D eigenvalue weighted by atomic mass is 9.78. The lowest BCUT2D eigenvalue weighted by Gasteiger charge is -2.38. The number of hydrogen-bond acceptors (Lipinski definition) is 4. The number of nitrogens with two attached hydrogens (primary N) is 2. The minimum atomic E-state index is -4.39. The highest BCUT2D eigenvalue weighted by Crippen LogP contribution is 2.37. The number of aliphatic carboxylic acids is 1. The van der Waals surface area contributed by atoms with Crippen LogP contribution in [-0.4, -0.2) is 24.4 Å². The number of hydrogen-bond donors (Lipinski definition) is 3. The number of carbonyl (C=O) groups is 1. The largest absolute Gasteiger partial charge is 0.479 e. The van der Waals surface area contributed by atoms with Gasteiger partial charge in [-0.3, -0.25) is 0 Å². The second-order valence-electron chi connectivity index (χ2n) is 5.40. The van der Waals surface area contributed by atoms with Gasteiger partial charge in [-0.1, -0.05) is 34.1 Å². The summed E-state index contributed by atoms with van der Waals surface area (Å²) < 4.78 is 22.9. The van der Waals surface area contributed by atoms with Gasteiger partial charge < -0.3 is 10.8 Å². The van der Waals surface area contributed by atoms with E-state index in [1.54, 1.807) is 0 Å². The topological polar surface area (TPSA) is 123 Å². The maximum Gasteiger partial charge on any atom is 0.341 e. The Morgan fingerprint density at radius 3 is 2.00 bits per heavy atom. The van der Waals surface area contributed by atoms with Crippen LogP contribution in [0.5, 0.6) is 0 Å². The first-order chi connectivity index (χ1) is 7.36. The van der Waals surface area contributed by atoms with E-state index in [1.165, 1.54) is 13.8 Å². The average Bonchev–Trinajstić information content (AvgIpc) is 2.11. The van der Waals surface area contributed by atoms with E-state index >= 15 is 0 Å². The molecule has 1 atom stereocenters. The van der Waals surface area contributed by atoms with Crippen molar-refractivity contribution < 1.29 is 18.3 Å². The Labute approximate surface area is 102 Å². The van der Waals surface area contributed by atoms with E-state index in [4.69, 9.17) is 16.0 Å². The fraction of sp³-hybridized carbons (Fsp3) is 0.900. The summed E-state index contributed by atoms with van der Waals surface area (Å²) in [5.74, 6) is -1.29. The van der Waals surface area contributed by atoms with E-state index < -0.39 is 26.3 Å². The Balaban J connectivity index is 5.42. The zero-order valence-electron chi connectivity index (χ0n) is 10.7. The van der Waals surface area contributed by atoms with Crippen molar-refractivity contribution in [1.82, 2.24) is 0 Å². The monoisotopic (exact) mass is 266 g/mol. The van der Waals surface area contributed by atoms with Crippen LogP contribution in [0.1, 0.15) is 40.5 Å². The van der Waals surface area contributed by atoms with Crippen LogP contribution in [0, 0.1) is 11.3 Å². The van der Waals surface area contributed by atoms with Gasteiger partial charge in [0.25, 0.3) is 0 Å². The van der Waals surface area contributed by atoms with Gasteiger partial charge in [-0.2, -0.15) is 0 Å². The summed E-state index contributed by atoms with van der Waals surface area (Å²) in [6.45, 7) is 6.94. The molecule has 0 fully saturated rings. The second-order valence-corrected chi connectivity index (χ2v) is 7.14. The highest BCUT2D eigenvalue weighted by Gasteiger charge is 2.56. The van der Waals surface area contributed by atoms with Crippen LogP contribution < -0.4 is 10.9 Å². The van der Waals surface area contributed by atoms with Crippen LogP contribution >= 0.6 is 0 Å². The van der Waals surface area contributed by atoms with Crippen molar-refractivity contribution in [2.75, 3.05) is 0 Å². The summed E-state index contributed by atoms with van der Waals surface area (Å²) in [5, 5.41) is 14.1. The van der Waals surface area contributed by atoms with Crippen LogP contribution in [0.2, 0.25) is 0 Å². The van der Waals surface area contributed by atoms with Gasteiger partial charge in [-0.05, 0) is 12.3 Å². The summed E-state index contributed by atoms with van der Waals surface area (Å²) in [7, 11) is -4.39. The molecule has 0 saturated heterocycles. The van der Waals surface area contributed by atoms with E-state index in [2.05, 4.69) is 0 Å². The first kappa shape index (κ1) is 16.3. The molecule has 5 N–H and O–H groups in total. The van der Waals surface area contributed by atoms with Crippen molar-refractivity contribution in [2.45, 2.75) is 45.4 Å². The third kappa shape index (κ3) is 3.17.